The minimum atomic E-state index is 0.316. The van der Waals surface area contributed by atoms with E-state index in [1.54, 1.807) is 7.05 Å². The fourth-order valence-corrected chi connectivity index (χ4v) is 4.14. The van der Waals surface area contributed by atoms with Gasteiger partial charge in [-0.1, -0.05) is 11.6 Å². The monoisotopic (exact) mass is 356 g/mol. The third kappa shape index (κ3) is 2.24. The first kappa shape index (κ1) is 14.8. The van der Waals surface area contributed by atoms with E-state index in [0.29, 0.717) is 17.1 Å². The number of fused-ring (bicyclic) bond motifs is 3. The molecule has 8 nitrogen and oxygen atoms in total. The summed E-state index contributed by atoms with van der Waals surface area (Å²) in [5.74, 6) is 1.14. The molecule has 128 valence electrons. The molecule has 1 N–H and O–H groups in total. The highest BCUT2D eigenvalue weighted by Crippen LogP contribution is 2.41. The molecule has 9 heteroatoms. The summed E-state index contributed by atoms with van der Waals surface area (Å²) in [6, 6.07) is 2.32. The molecule has 0 saturated heterocycles. The Morgan fingerprint density at radius 3 is 3.00 bits per heavy atom. The highest BCUT2D eigenvalue weighted by Gasteiger charge is 2.31. The maximum Gasteiger partial charge on any atom is 0.177 e. The Kier molecular flexibility index (Phi) is 3.12. The molecule has 0 unspecified atom stereocenters. The Bertz CT molecular complexity index is 1090. The third-order valence-electron chi connectivity index (χ3n) is 5.07. The van der Waals surface area contributed by atoms with Crippen LogP contribution in [0.5, 0.6) is 0 Å². The number of rotatable bonds is 2. The Balaban J connectivity index is 1.55. The van der Waals surface area contributed by atoms with Crippen LogP contribution in [0.1, 0.15) is 42.7 Å². The zero-order chi connectivity index (χ0) is 17.1. The van der Waals surface area contributed by atoms with Gasteiger partial charge in [-0.25, -0.2) is 9.97 Å². The van der Waals surface area contributed by atoms with Crippen LogP contribution in [-0.2, 0) is 7.05 Å². The summed E-state index contributed by atoms with van der Waals surface area (Å²) in [5, 5.41) is 13.9. The topological polar surface area (TPSA) is 90.1 Å². The number of aromatic amines is 1. The molecule has 0 bridgehead atoms. The standard InChI is InChI=1S/C16H17ClN8/c1-8-5-11-12(19-8)13-16(20-14(11)17)25(7-18-13)10-4-3-9(6-10)15-21-23-24(2)22-15/h5,7,9-10,19H,3-4,6H2,1-2H3/t9-,10+/m1/s1. The Labute approximate surface area is 148 Å². The molecular weight excluding hydrogens is 340 g/mol. The van der Waals surface area contributed by atoms with E-state index in [9.17, 15) is 0 Å². The maximum atomic E-state index is 6.41. The van der Waals surface area contributed by atoms with Gasteiger partial charge in [0.2, 0.25) is 0 Å². The first-order valence-corrected chi connectivity index (χ1v) is 8.73. The zero-order valence-corrected chi connectivity index (χ0v) is 14.7. The van der Waals surface area contributed by atoms with E-state index in [-0.39, 0.29) is 0 Å². The molecule has 0 aromatic carbocycles. The number of aromatic nitrogens is 8. The van der Waals surface area contributed by atoms with Crippen LogP contribution in [0, 0.1) is 6.92 Å². The number of tetrazole rings is 1. The van der Waals surface area contributed by atoms with Gasteiger partial charge in [0.05, 0.1) is 18.9 Å². The second-order valence-electron chi connectivity index (χ2n) is 6.77. The van der Waals surface area contributed by atoms with Crippen molar-refractivity contribution in [3.63, 3.8) is 0 Å². The highest BCUT2D eigenvalue weighted by atomic mass is 35.5. The summed E-state index contributed by atoms with van der Waals surface area (Å²) in [4.78, 5) is 14.1. The molecule has 2 atom stereocenters. The second kappa shape index (κ2) is 5.26. The number of pyridine rings is 1. The molecule has 25 heavy (non-hydrogen) atoms. The maximum absolute atomic E-state index is 6.41. The van der Waals surface area contributed by atoms with E-state index in [2.05, 4.69) is 34.9 Å². The van der Waals surface area contributed by atoms with E-state index in [1.165, 1.54) is 4.80 Å². The van der Waals surface area contributed by atoms with Gasteiger partial charge < -0.3 is 9.55 Å². The van der Waals surface area contributed by atoms with Gasteiger partial charge in [0.25, 0.3) is 0 Å². The largest absolute Gasteiger partial charge is 0.357 e. The summed E-state index contributed by atoms with van der Waals surface area (Å²) in [6.45, 7) is 2.01. The van der Waals surface area contributed by atoms with Crippen LogP contribution in [-0.4, -0.2) is 39.7 Å². The number of nitrogens with zero attached hydrogens (tertiary/aromatic N) is 7. The number of halogens is 1. The van der Waals surface area contributed by atoms with Crippen molar-refractivity contribution in [1.82, 2.24) is 39.7 Å². The van der Waals surface area contributed by atoms with Gasteiger partial charge in [-0.3, -0.25) is 0 Å². The van der Waals surface area contributed by atoms with Crippen LogP contribution in [0.2, 0.25) is 5.15 Å². The van der Waals surface area contributed by atoms with Crippen LogP contribution in [0.25, 0.3) is 22.1 Å². The van der Waals surface area contributed by atoms with Crippen molar-refractivity contribution < 1.29 is 0 Å². The first-order chi connectivity index (χ1) is 12.1. The summed E-state index contributed by atoms with van der Waals surface area (Å²) in [5.41, 5.74) is 3.71. The molecule has 1 saturated carbocycles. The number of hydrogen-bond donors (Lipinski definition) is 1. The van der Waals surface area contributed by atoms with Crippen LogP contribution >= 0.6 is 11.6 Å². The lowest BCUT2D eigenvalue weighted by Gasteiger charge is -2.12. The molecule has 1 aliphatic rings. The molecule has 0 amide bonds. The number of hydrogen-bond acceptors (Lipinski definition) is 5. The van der Waals surface area contributed by atoms with Gasteiger partial charge >= 0.3 is 0 Å². The fourth-order valence-electron chi connectivity index (χ4n) is 3.91. The first-order valence-electron chi connectivity index (χ1n) is 8.35. The van der Waals surface area contributed by atoms with Crippen molar-refractivity contribution in [2.75, 3.05) is 0 Å². The third-order valence-corrected chi connectivity index (χ3v) is 5.36. The summed E-state index contributed by atoms with van der Waals surface area (Å²) < 4.78 is 2.15. The number of aryl methyl sites for hydroxylation is 2. The fraction of sp³-hybridized carbons (Fsp3) is 0.438. The number of H-pyrrole nitrogens is 1. The molecule has 4 aromatic rings. The lowest BCUT2D eigenvalue weighted by atomic mass is 10.1. The minimum absolute atomic E-state index is 0.316. The average molecular weight is 357 g/mol. The molecule has 0 aliphatic heterocycles. The van der Waals surface area contributed by atoms with Crippen molar-refractivity contribution in [2.45, 2.75) is 38.1 Å². The van der Waals surface area contributed by atoms with E-state index >= 15 is 0 Å². The normalized spacial score (nSPS) is 20.9. The van der Waals surface area contributed by atoms with Crippen molar-refractivity contribution in [1.29, 1.82) is 0 Å². The smallest absolute Gasteiger partial charge is 0.177 e. The summed E-state index contributed by atoms with van der Waals surface area (Å²) >= 11 is 6.41. The predicted octanol–water partition coefficient (Wildman–Crippen LogP) is 2.91. The predicted molar refractivity (Wildman–Crippen MR) is 93.6 cm³/mol. The number of nitrogens with one attached hydrogen (secondary N) is 1. The lowest BCUT2D eigenvalue weighted by molar-refractivity contribution is 0.515. The van der Waals surface area contributed by atoms with E-state index in [1.807, 2.05) is 19.3 Å². The van der Waals surface area contributed by atoms with Crippen molar-refractivity contribution in [3.05, 3.63) is 29.1 Å². The Hall–Kier alpha value is -2.48. The second-order valence-corrected chi connectivity index (χ2v) is 7.13. The molecule has 0 spiro atoms. The zero-order valence-electron chi connectivity index (χ0n) is 13.9. The molecule has 1 fully saturated rings. The molecule has 1 aliphatic carbocycles. The molecular formula is C16H17ClN8. The molecule has 0 radical (unpaired) electrons. The minimum Gasteiger partial charge on any atom is -0.357 e. The van der Waals surface area contributed by atoms with Crippen LogP contribution in [0.15, 0.2) is 12.4 Å². The van der Waals surface area contributed by atoms with E-state index < -0.39 is 0 Å². The van der Waals surface area contributed by atoms with Gasteiger partial charge in [-0.15, -0.1) is 10.2 Å². The van der Waals surface area contributed by atoms with E-state index in [4.69, 9.17) is 11.6 Å². The van der Waals surface area contributed by atoms with E-state index in [0.717, 1.165) is 52.8 Å². The van der Waals surface area contributed by atoms with Crippen LogP contribution < -0.4 is 0 Å². The SMILES string of the molecule is Cc1cc2c(Cl)nc3c(ncn3[C@H]3CC[C@@H](c4nnn(C)n4)C3)c2[nH]1. The molecule has 5 rings (SSSR count). The summed E-state index contributed by atoms with van der Waals surface area (Å²) in [7, 11) is 1.79. The van der Waals surface area contributed by atoms with Crippen molar-refractivity contribution in [2.24, 2.45) is 7.05 Å². The van der Waals surface area contributed by atoms with Gasteiger partial charge in [0.1, 0.15) is 10.7 Å². The highest BCUT2D eigenvalue weighted by molar-refractivity contribution is 6.35. The van der Waals surface area contributed by atoms with Crippen LogP contribution in [0.4, 0.5) is 0 Å². The Morgan fingerprint density at radius 2 is 2.20 bits per heavy atom. The quantitative estimate of drug-likeness (QED) is 0.558. The van der Waals surface area contributed by atoms with Crippen LogP contribution in [0.3, 0.4) is 0 Å². The molecule has 4 heterocycles. The van der Waals surface area contributed by atoms with Crippen molar-refractivity contribution >= 4 is 33.7 Å². The average Bonchev–Trinajstić information content (AvgIpc) is 3.31. The number of imidazole rings is 1. The van der Waals surface area contributed by atoms with Gasteiger partial charge in [-0.05, 0) is 37.5 Å². The summed E-state index contributed by atoms with van der Waals surface area (Å²) in [6.07, 6.45) is 4.90. The van der Waals surface area contributed by atoms with Gasteiger partial charge in [0, 0.05) is 23.0 Å². The Morgan fingerprint density at radius 1 is 1.32 bits per heavy atom. The van der Waals surface area contributed by atoms with Gasteiger partial charge in [-0.2, -0.15) is 4.80 Å². The van der Waals surface area contributed by atoms with Gasteiger partial charge in [0.15, 0.2) is 11.5 Å². The lowest BCUT2D eigenvalue weighted by Crippen LogP contribution is -2.06. The van der Waals surface area contributed by atoms with Crippen molar-refractivity contribution in [3.8, 4) is 0 Å². The molecule has 4 aromatic heterocycles.